The van der Waals surface area contributed by atoms with Gasteiger partial charge in [-0.3, -0.25) is 4.79 Å². The fraction of sp³-hybridized carbons (Fsp3) is 0.500. The normalized spacial score (nSPS) is 18.8. The number of nitrogen functional groups attached to an aromatic ring is 1. The number of ether oxygens (including phenoxy) is 1. The summed E-state index contributed by atoms with van der Waals surface area (Å²) in [5.41, 5.74) is 3.91. The van der Waals surface area contributed by atoms with E-state index in [1.807, 2.05) is 0 Å². The molecule has 21 heavy (non-hydrogen) atoms. The second-order valence-electron chi connectivity index (χ2n) is 4.61. The zero-order valence-corrected chi connectivity index (χ0v) is 12.4. The Hall–Kier alpha value is -1.35. The van der Waals surface area contributed by atoms with Crippen LogP contribution in [0, 0.1) is 0 Å². The van der Waals surface area contributed by atoms with Crippen LogP contribution in [0.1, 0.15) is 28.9 Å². The summed E-state index contributed by atoms with van der Waals surface area (Å²) in [6.07, 6.45) is -2.91. The summed E-state index contributed by atoms with van der Waals surface area (Å²) in [4.78, 5) is 15.5. The van der Waals surface area contributed by atoms with Crippen molar-refractivity contribution in [3.8, 4) is 0 Å². The van der Waals surface area contributed by atoms with E-state index in [2.05, 4.69) is 26.2 Å². The maximum absolute atomic E-state index is 12.7. The van der Waals surface area contributed by atoms with Gasteiger partial charge in [0.2, 0.25) is 0 Å². The number of nitrogens with zero attached hydrogens (tertiary/aromatic N) is 1. The fourth-order valence-corrected chi connectivity index (χ4v) is 2.50. The van der Waals surface area contributed by atoms with E-state index in [4.69, 9.17) is 10.5 Å². The van der Waals surface area contributed by atoms with Crippen LogP contribution < -0.4 is 11.1 Å². The lowest BCUT2D eigenvalue weighted by Gasteiger charge is -2.14. The van der Waals surface area contributed by atoms with Crippen LogP contribution >= 0.6 is 15.9 Å². The van der Waals surface area contributed by atoms with Gasteiger partial charge in [0.15, 0.2) is 5.69 Å². The average molecular weight is 368 g/mol. The Labute approximate surface area is 127 Å². The Morgan fingerprint density at radius 1 is 1.57 bits per heavy atom. The minimum Gasteiger partial charge on any atom is -0.397 e. The third-order valence-corrected chi connectivity index (χ3v) is 3.64. The standard InChI is InChI=1S/C12H13BrF3N3O2/c13-10-7(12(14,15)16)4-8(17)9(19-10)11(20)18-5-6-2-1-3-21-6/h4,6H,1-3,5,17H2,(H,18,20)/t6-/m1/s1. The smallest absolute Gasteiger partial charge is 0.397 e. The number of nitrogens with one attached hydrogen (secondary N) is 1. The average Bonchev–Trinajstić information content (AvgIpc) is 2.90. The van der Waals surface area contributed by atoms with E-state index in [0.717, 1.165) is 12.8 Å². The number of hydrogen-bond acceptors (Lipinski definition) is 4. The summed E-state index contributed by atoms with van der Waals surface area (Å²) < 4.78 is 42.9. The first-order chi connectivity index (χ1) is 9.79. The maximum atomic E-state index is 12.7. The summed E-state index contributed by atoms with van der Waals surface area (Å²) >= 11 is 2.71. The van der Waals surface area contributed by atoms with Crippen molar-refractivity contribution in [1.29, 1.82) is 0 Å². The molecule has 0 aliphatic carbocycles. The van der Waals surface area contributed by atoms with E-state index in [0.29, 0.717) is 12.7 Å². The van der Waals surface area contributed by atoms with Crippen LogP contribution in [0.2, 0.25) is 0 Å². The molecule has 0 spiro atoms. The van der Waals surface area contributed by atoms with E-state index in [9.17, 15) is 18.0 Å². The zero-order chi connectivity index (χ0) is 15.6. The van der Waals surface area contributed by atoms with Crippen LogP contribution in [0.25, 0.3) is 0 Å². The Morgan fingerprint density at radius 3 is 2.86 bits per heavy atom. The number of anilines is 1. The third-order valence-electron chi connectivity index (χ3n) is 3.04. The lowest BCUT2D eigenvalue weighted by molar-refractivity contribution is -0.138. The van der Waals surface area contributed by atoms with Crippen LogP contribution in [-0.2, 0) is 10.9 Å². The molecular formula is C12H13BrF3N3O2. The Kier molecular flexibility index (Phi) is 4.72. The molecule has 3 N–H and O–H groups in total. The van der Waals surface area contributed by atoms with Gasteiger partial charge in [0.05, 0.1) is 17.4 Å². The SMILES string of the molecule is Nc1cc(C(F)(F)F)c(Br)nc1C(=O)NC[C@H]1CCCO1. The second-order valence-corrected chi connectivity index (χ2v) is 5.36. The van der Waals surface area contributed by atoms with E-state index >= 15 is 0 Å². The highest BCUT2D eigenvalue weighted by molar-refractivity contribution is 9.10. The van der Waals surface area contributed by atoms with Gasteiger partial charge in [-0.2, -0.15) is 13.2 Å². The predicted molar refractivity (Wildman–Crippen MR) is 72.7 cm³/mol. The molecule has 2 heterocycles. The number of carbonyl (C=O) groups excluding carboxylic acids is 1. The van der Waals surface area contributed by atoms with Crippen molar-refractivity contribution < 1.29 is 22.7 Å². The van der Waals surface area contributed by atoms with E-state index in [1.165, 1.54) is 0 Å². The number of hydrogen-bond donors (Lipinski definition) is 2. The van der Waals surface area contributed by atoms with E-state index in [1.54, 1.807) is 0 Å². The summed E-state index contributed by atoms with van der Waals surface area (Å²) in [5, 5.41) is 2.56. The molecule has 2 rings (SSSR count). The number of amides is 1. The van der Waals surface area contributed by atoms with Crippen LogP contribution in [0.4, 0.5) is 18.9 Å². The Bertz CT molecular complexity index is 545. The highest BCUT2D eigenvalue weighted by Crippen LogP contribution is 2.35. The molecule has 1 aliphatic rings. The number of carbonyl (C=O) groups is 1. The summed E-state index contributed by atoms with van der Waals surface area (Å²) in [5.74, 6) is -0.627. The Morgan fingerprint density at radius 2 is 2.29 bits per heavy atom. The molecule has 116 valence electrons. The second kappa shape index (κ2) is 6.18. The minimum absolute atomic E-state index is 0.0759. The molecule has 1 atom stereocenters. The van der Waals surface area contributed by atoms with Crippen molar-refractivity contribution in [2.75, 3.05) is 18.9 Å². The summed E-state index contributed by atoms with van der Waals surface area (Å²) in [7, 11) is 0. The number of aromatic nitrogens is 1. The van der Waals surface area contributed by atoms with Crippen LogP contribution in [0.3, 0.4) is 0 Å². The Balaban J connectivity index is 2.12. The van der Waals surface area contributed by atoms with Gasteiger partial charge in [-0.05, 0) is 34.8 Å². The maximum Gasteiger partial charge on any atom is 0.419 e. The topological polar surface area (TPSA) is 77.2 Å². The molecule has 0 unspecified atom stereocenters. The highest BCUT2D eigenvalue weighted by atomic mass is 79.9. The quantitative estimate of drug-likeness (QED) is 0.804. The largest absolute Gasteiger partial charge is 0.419 e. The van der Waals surface area contributed by atoms with Gasteiger partial charge in [0.1, 0.15) is 4.60 Å². The molecule has 1 aliphatic heterocycles. The van der Waals surface area contributed by atoms with Gasteiger partial charge in [0, 0.05) is 13.2 Å². The van der Waals surface area contributed by atoms with Gasteiger partial charge < -0.3 is 15.8 Å². The number of pyridine rings is 1. The molecular weight excluding hydrogens is 355 g/mol. The van der Waals surface area contributed by atoms with Crippen molar-refractivity contribution in [1.82, 2.24) is 10.3 Å². The molecule has 0 radical (unpaired) electrons. The van der Waals surface area contributed by atoms with Gasteiger partial charge in [0.25, 0.3) is 5.91 Å². The molecule has 1 aromatic heterocycles. The number of rotatable bonds is 3. The van der Waals surface area contributed by atoms with Crippen molar-refractivity contribution >= 4 is 27.5 Å². The molecule has 1 aromatic rings. The summed E-state index contributed by atoms with van der Waals surface area (Å²) in [6.45, 7) is 0.922. The van der Waals surface area contributed by atoms with Crippen molar-refractivity contribution in [2.24, 2.45) is 0 Å². The lowest BCUT2D eigenvalue weighted by atomic mass is 10.2. The van der Waals surface area contributed by atoms with Gasteiger partial charge in [-0.15, -0.1) is 0 Å². The first-order valence-corrected chi connectivity index (χ1v) is 7.01. The van der Waals surface area contributed by atoms with Crippen molar-refractivity contribution in [2.45, 2.75) is 25.1 Å². The molecule has 1 amide bonds. The third kappa shape index (κ3) is 3.85. The minimum atomic E-state index is -4.59. The summed E-state index contributed by atoms with van der Waals surface area (Å²) in [6, 6.07) is 0.693. The molecule has 0 aromatic carbocycles. The molecule has 9 heteroatoms. The van der Waals surface area contributed by atoms with Gasteiger partial charge in [-0.25, -0.2) is 4.98 Å². The van der Waals surface area contributed by atoms with Crippen LogP contribution in [0.15, 0.2) is 10.7 Å². The lowest BCUT2D eigenvalue weighted by Crippen LogP contribution is -2.33. The van der Waals surface area contributed by atoms with Crippen molar-refractivity contribution in [3.05, 3.63) is 21.9 Å². The van der Waals surface area contributed by atoms with E-state index < -0.39 is 22.3 Å². The molecule has 0 saturated carbocycles. The molecule has 1 saturated heterocycles. The molecule has 0 bridgehead atoms. The highest BCUT2D eigenvalue weighted by Gasteiger charge is 2.35. The number of alkyl halides is 3. The number of halogens is 4. The van der Waals surface area contributed by atoms with Crippen LogP contribution in [0.5, 0.6) is 0 Å². The zero-order valence-electron chi connectivity index (χ0n) is 10.8. The number of nitrogens with two attached hydrogens (primary N) is 1. The van der Waals surface area contributed by atoms with E-state index in [-0.39, 0.29) is 24.0 Å². The molecule has 1 fully saturated rings. The fourth-order valence-electron chi connectivity index (χ4n) is 1.98. The molecule has 5 nitrogen and oxygen atoms in total. The first-order valence-electron chi connectivity index (χ1n) is 6.22. The van der Waals surface area contributed by atoms with Gasteiger partial charge >= 0.3 is 6.18 Å². The monoisotopic (exact) mass is 367 g/mol. The van der Waals surface area contributed by atoms with Crippen LogP contribution in [-0.4, -0.2) is 30.1 Å². The predicted octanol–water partition coefficient (Wildman–Crippen LogP) is 2.35. The first kappa shape index (κ1) is 16.0. The van der Waals surface area contributed by atoms with Gasteiger partial charge in [-0.1, -0.05) is 0 Å². The van der Waals surface area contributed by atoms with Crippen molar-refractivity contribution in [3.63, 3.8) is 0 Å².